The summed E-state index contributed by atoms with van der Waals surface area (Å²) in [5.41, 5.74) is 5.44. The summed E-state index contributed by atoms with van der Waals surface area (Å²) >= 11 is 0. The topological polar surface area (TPSA) is 83.6 Å². The summed E-state index contributed by atoms with van der Waals surface area (Å²) in [4.78, 5) is -0.107. The predicted octanol–water partition coefficient (Wildman–Crippen LogP) is 0.553. The van der Waals surface area contributed by atoms with Crippen LogP contribution in [-0.2, 0) is 10.0 Å². The van der Waals surface area contributed by atoms with E-state index < -0.39 is 21.9 Å². The van der Waals surface area contributed by atoms with E-state index in [1.807, 2.05) is 0 Å². The number of hydrogen-bond acceptors (Lipinski definition) is 4. The number of rotatable bonds is 3. The highest BCUT2D eigenvalue weighted by Crippen LogP contribution is 2.29. The van der Waals surface area contributed by atoms with Gasteiger partial charge in [-0.05, 0) is 31.0 Å². The van der Waals surface area contributed by atoms with Gasteiger partial charge >= 0.3 is 0 Å². The molecule has 1 fully saturated rings. The van der Waals surface area contributed by atoms with Crippen molar-refractivity contribution in [2.24, 2.45) is 0 Å². The van der Waals surface area contributed by atoms with E-state index in [9.17, 15) is 12.8 Å². The fourth-order valence-corrected chi connectivity index (χ4v) is 3.97. The summed E-state index contributed by atoms with van der Waals surface area (Å²) < 4.78 is 38.9. The minimum absolute atomic E-state index is 0.107. The van der Waals surface area contributed by atoms with Crippen LogP contribution in [0.2, 0.25) is 0 Å². The van der Waals surface area contributed by atoms with Crippen LogP contribution in [0.25, 0.3) is 0 Å². The molecule has 5 nitrogen and oxygen atoms in total. The van der Waals surface area contributed by atoms with Gasteiger partial charge in [-0.1, -0.05) is 0 Å². The molecule has 18 heavy (non-hydrogen) atoms. The van der Waals surface area contributed by atoms with Crippen LogP contribution in [0.4, 0.5) is 10.1 Å². The molecule has 1 heterocycles. The number of nitrogens with two attached hydrogens (primary N) is 1. The molecule has 0 saturated carbocycles. The van der Waals surface area contributed by atoms with Gasteiger partial charge in [-0.3, -0.25) is 0 Å². The quantitative estimate of drug-likeness (QED) is 0.789. The Labute approximate surface area is 105 Å². The highest BCUT2D eigenvalue weighted by molar-refractivity contribution is 7.89. The van der Waals surface area contributed by atoms with Gasteiger partial charge in [0.15, 0.2) is 0 Å². The lowest BCUT2D eigenvalue weighted by molar-refractivity contribution is 0.213. The van der Waals surface area contributed by atoms with Gasteiger partial charge in [0, 0.05) is 12.6 Å². The zero-order valence-electron chi connectivity index (χ0n) is 9.71. The first-order valence-corrected chi connectivity index (χ1v) is 7.08. The van der Waals surface area contributed by atoms with Gasteiger partial charge in [0.25, 0.3) is 0 Å². The third-order valence-corrected chi connectivity index (χ3v) is 5.12. The van der Waals surface area contributed by atoms with Crippen molar-refractivity contribution in [3.8, 4) is 0 Å². The molecular formula is C11H15FN2O3S. The lowest BCUT2D eigenvalue weighted by Crippen LogP contribution is -2.37. The van der Waals surface area contributed by atoms with E-state index in [-0.39, 0.29) is 17.2 Å². The number of anilines is 1. The van der Waals surface area contributed by atoms with Crippen LogP contribution < -0.4 is 5.73 Å². The maximum absolute atomic E-state index is 12.9. The number of aliphatic hydroxyl groups is 1. The van der Waals surface area contributed by atoms with Crippen molar-refractivity contribution in [3.05, 3.63) is 24.0 Å². The van der Waals surface area contributed by atoms with Crippen LogP contribution in [0.1, 0.15) is 12.8 Å². The third-order valence-electron chi connectivity index (χ3n) is 3.09. The number of nitrogens with zero attached hydrogens (tertiary/aromatic N) is 1. The van der Waals surface area contributed by atoms with Crippen molar-refractivity contribution < 1.29 is 17.9 Å². The van der Waals surface area contributed by atoms with E-state index in [2.05, 4.69) is 0 Å². The first-order chi connectivity index (χ1) is 8.46. The summed E-state index contributed by atoms with van der Waals surface area (Å²) in [5.74, 6) is -0.577. The highest BCUT2D eigenvalue weighted by Gasteiger charge is 2.35. The van der Waals surface area contributed by atoms with Gasteiger partial charge in [0.2, 0.25) is 10.0 Å². The van der Waals surface area contributed by atoms with Crippen LogP contribution in [0.15, 0.2) is 23.1 Å². The molecule has 1 aliphatic rings. The number of benzene rings is 1. The molecule has 1 aliphatic heterocycles. The molecule has 1 aromatic carbocycles. The lowest BCUT2D eigenvalue weighted by atomic mass is 10.2. The van der Waals surface area contributed by atoms with Crippen molar-refractivity contribution in [3.63, 3.8) is 0 Å². The van der Waals surface area contributed by atoms with Gasteiger partial charge in [0.1, 0.15) is 10.7 Å². The largest absolute Gasteiger partial charge is 0.398 e. The van der Waals surface area contributed by atoms with E-state index in [0.717, 1.165) is 18.2 Å². The normalized spacial score (nSPS) is 21.3. The predicted molar refractivity (Wildman–Crippen MR) is 64.8 cm³/mol. The molecule has 2 rings (SSSR count). The summed E-state index contributed by atoms with van der Waals surface area (Å²) in [6.45, 7) is 0.130. The van der Waals surface area contributed by atoms with Gasteiger partial charge in [0.05, 0.1) is 12.3 Å². The molecule has 0 spiro atoms. The molecule has 0 radical (unpaired) electrons. The molecule has 0 amide bonds. The average Bonchev–Trinajstić information content (AvgIpc) is 2.76. The monoisotopic (exact) mass is 274 g/mol. The van der Waals surface area contributed by atoms with E-state index in [1.54, 1.807) is 0 Å². The standard InChI is InChI=1S/C11H15FN2O3S/c12-8-3-4-11(10(13)6-8)18(16,17)14-5-1-2-9(14)7-15/h3-4,6,9,15H,1-2,5,7,13H2/t9-/m0/s1. The Morgan fingerprint density at radius 3 is 2.83 bits per heavy atom. The second-order valence-electron chi connectivity index (χ2n) is 4.28. The van der Waals surface area contributed by atoms with Crippen LogP contribution in [0.5, 0.6) is 0 Å². The Bertz CT molecular complexity index is 547. The van der Waals surface area contributed by atoms with Gasteiger partial charge in [-0.2, -0.15) is 4.31 Å². The summed E-state index contributed by atoms with van der Waals surface area (Å²) in [5, 5.41) is 9.16. The minimum Gasteiger partial charge on any atom is -0.398 e. The van der Waals surface area contributed by atoms with E-state index in [0.29, 0.717) is 19.4 Å². The average molecular weight is 274 g/mol. The Morgan fingerprint density at radius 2 is 2.22 bits per heavy atom. The fraction of sp³-hybridized carbons (Fsp3) is 0.455. The molecule has 0 aromatic heterocycles. The summed E-state index contributed by atoms with van der Waals surface area (Å²) in [6.07, 6.45) is 1.32. The summed E-state index contributed by atoms with van der Waals surface area (Å²) in [7, 11) is -3.77. The van der Waals surface area contributed by atoms with Crippen LogP contribution >= 0.6 is 0 Å². The molecule has 0 aliphatic carbocycles. The van der Waals surface area contributed by atoms with Crippen LogP contribution in [0, 0.1) is 5.82 Å². The fourth-order valence-electron chi connectivity index (χ4n) is 2.19. The van der Waals surface area contributed by atoms with Gasteiger partial charge in [-0.25, -0.2) is 12.8 Å². The molecule has 7 heteroatoms. The molecule has 1 atom stereocenters. The third kappa shape index (κ3) is 2.21. The first kappa shape index (κ1) is 13.3. The van der Waals surface area contributed by atoms with Gasteiger partial charge < -0.3 is 10.8 Å². The zero-order chi connectivity index (χ0) is 13.3. The van der Waals surface area contributed by atoms with E-state index in [1.165, 1.54) is 4.31 Å². The highest BCUT2D eigenvalue weighted by atomic mass is 32.2. The second-order valence-corrected chi connectivity index (χ2v) is 6.14. The smallest absolute Gasteiger partial charge is 0.245 e. The van der Waals surface area contributed by atoms with Crippen molar-refractivity contribution in [1.82, 2.24) is 4.31 Å². The molecular weight excluding hydrogens is 259 g/mol. The maximum Gasteiger partial charge on any atom is 0.245 e. The van der Waals surface area contributed by atoms with Crippen molar-refractivity contribution >= 4 is 15.7 Å². The molecule has 1 aromatic rings. The molecule has 3 N–H and O–H groups in total. The zero-order valence-corrected chi connectivity index (χ0v) is 10.5. The minimum atomic E-state index is -3.77. The molecule has 100 valence electrons. The van der Waals surface area contributed by atoms with Crippen molar-refractivity contribution in [1.29, 1.82) is 0 Å². The van der Waals surface area contributed by atoms with Crippen LogP contribution in [0.3, 0.4) is 0 Å². The first-order valence-electron chi connectivity index (χ1n) is 5.64. The second kappa shape index (κ2) is 4.83. The Morgan fingerprint density at radius 1 is 1.50 bits per heavy atom. The van der Waals surface area contributed by atoms with Crippen LogP contribution in [-0.4, -0.2) is 37.0 Å². The number of aliphatic hydroxyl groups excluding tert-OH is 1. The SMILES string of the molecule is Nc1cc(F)ccc1S(=O)(=O)N1CCC[C@H]1CO. The summed E-state index contributed by atoms with van der Waals surface area (Å²) in [6, 6.07) is 2.79. The Hall–Kier alpha value is -1.18. The Balaban J connectivity index is 2.42. The van der Waals surface area contributed by atoms with Crippen molar-refractivity contribution in [2.45, 2.75) is 23.8 Å². The lowest BCUT2D eigenvalue weighted by Gasteiger charge is -2.23. The number of sulfonamides is 1. The molecule has 0 bridgehead atoms. The van der Waals surface area contributed by atoms with E-state index in [4.69, 9.17) is 10.8 Å². The van der Waals surface area contributed by atoms with Crippen molar-refractivity contribution in [2.75, 3.05) is 18.9 Å². The Kier molecular flexibility index (Phi) is 3.56. The number of hydrogen-bond donors (Lipinski definition) is 2. The maximum atomic E-state index is 12.9. The molecule has 1 saturated heterocycles. The molecule has 0 unspecified atom stereocenters. The van der Waals surface area contributed by atoms with E-state index >= 15 is 0 Å². The van der Waals surface area contributed by atoms with Gasteiger partial charge in [-0.15, -0.1) is 0 Å². The number of nitrogen functional groups attached to an aromatic ring is 1. The number of halogens is 1.